The minimum absolute atomic E-state index is 0.0556. The minimum atomic E-state index is -3.98. The molecular formula is C25H32N2O5S. The Bertz CT molecular complexity index is 1080. The van der Waals surface area contributed by atoms with E-state index in [0.717, 1.165) is 36.0 Å². The molecule has 1 amide bonds. The Morgan fingerprint density at radius 1 is 1.06 bits per heavy atom. The maximum atomic E-state index is 13.6. The molecule has 1 heterocycles. The van der Waals surface area contributed by atoms with Gasteiger partial charge in [-0.3, -0.25) is 4.79 Å². The minimum Gasteiger partial charge on any atom is -0.480 e. The van der Waals surface area contributed by atoms with Crippen molar-refractivity contribution in [2.24, 2.45) is 0 Å². The van der Waals surface area contributed by atoms with Gasteiger partial charge < -0.3 is 10.4 Å². The van der Waals surface area contributed by atoms with Gasteiger partial charge in [-0.05, 0) is 48.1 Å². The number of carbonyl (C=O) groups excluding carboxylic acids is 1. The molecule has 0 bridgehead atoms. The summed E-state index contributed by atoms with van der Waals surface area (Å²) in [6, 6.07) is 12.1. The maximum absolute atomic E-state index is 13.6. The molecule has 33 heavy (non-hydrogen) atoms. The number of carbonyl (C=O) groups is 2. The number of hydrogen-bond acceptors (Lipinski definition) is 4. The van der Waals surface area contributed by atoms with E-state index in [1.165, 1.54) is 4.31 Å². The molecule has 2 aromatic carbocycles. The topological polar surface area (TPSA) is 104 Å². The van der Waals surface area contributed by atoms with Crippen LogP contribution in [0.1, 0.15) is 56.2 Å². The van der Waals surface area contributed by atoms with E-state index in [1.54, 1.807) is 24.3 Å². The van der Waals surface area contributed by atoms with Crippen LogP contribution < -0.4 is 5.32 Å². The summed E-state index contributed by atoms with van der Waals surface area (Å²) < 4.78 is 28.4. The zero-order valence-electron chi connectivity index (χ0n) is 19.2. The number of amides is 1. The molecule has 1 unspecified atom stereocenters. The van der Waals surface area contributed by atoms with Crippen LogP contribution in [0.15, 0.2) is 53.4 Å². The number of fused-ring (bicyclic) bond motifs is 1. The lowest BCUT2D eigenvalue weighted by Gasteiger charge is -2.35. The number of carboxylic acids is 1. The SMILES string of the molecule is CCCCC(NC(=O)[C@@H]1Cc2ccccc2CN1S(=O)(=O)c1ccc(CCC)cc1)C(=O)O. The summed E-state index contributed by atoms with van der Waals surface area (Å²) in [6.07, 6.45) is 3.75. The van der Waals surface area contributed by atoms with Crippen LogP contribution in [0.3, 0.4) is 0 Å². The molecule has 0 saturated heterocycles. The molecule has 0 aliphatic carbocycles. The summed E-state index contributed by atoms with van der Waals surface area (Å²) >= 11 is 0. The Morgan fingerprint density at radius 2 is 1.73 bits per heavy atom. The maximum Gasteiger partial charge on any atom is 0.326 e. The van der Waals surface area contributed by atoms with Crippen LogP contribution in [0.25, 0.3) is 0 Å². The number of carboxylic acid groups (broad SMARTS) is 1. The third-order valence-electron chi connectivity index (χ3n) is 6.04. The van der Waals surface area contributed by atoms with E-state index in [-0.39, 0.29) is 17.9 Å². The fourth-order valence-corrected chi connectivity index (χ4v) is 5.73. The van der Waals surface area contributed by atoms with Crippen LogP contribution in [-0.2, 0) is 39.0 Å². The third kappa shape index (κ3) is 5.81. The predicted molar refractivity (Wildman–Crippen MR) is 126 cm³/mol. The summed E-state index contributed by atoms with van der Waals surface area (Å²) in [5.41, 5.74) is 2.78. The predicted octanol–water partition coefficient (Wildman–Crippen LogP) is 3.51. The van der Waals surface area contributed by atoms with E-state index in [1.807, 2.05) is 31.2 Å². The number of aryl methyl sites for hydroxylation is 1. The number of sulfonamides is 1. The lowest BCUT2D eigenvalue weighted by atomic mass is 9.95. The van der Waals surface area contributed by atoms with Crippen LogP contribution in [-0.4, -0.2) is 41.8 Å². The van der Waals surface area contributed by atoms with Crippen LogP contribution in [0, 0.1) is 0 Å². The molecule has 2 N–H and O–H groups in total. The molecule has 0 fully saturated rings. The van der Waals surface area contributed by atoms with Crippen LogP contribution in [0.4, 0.5) is 0 Å². The molecule has 0 saturated carbocycles. The number of rotatable bonds is 10. The van der Waals surface area contributed by atoms with Gasteiger partial charge in [0.05, 0.1) is 4.90 Å². The molecule has 7 nitrogen and oxygen atoms in total. The molecule has 0 aromatic heterocycles. The zero-order chi connectivity index (χ0) is 24.0. The monoisotopic (exact) mass is 472 g/mol. The first-order chi connectivity index (χ1) is 15.8. The van der Waals surface area contributed by atoms with E-state index < -0.39 is 34.0 Å². The fourth-order valence-electron chi connectivity index (χ4n) is 4.16. The van der Waals surface area contributed by atoms with Crippen molar-refractivity contribution in [2.45, 2.75) is 75.9 Å². The first-order valence-corrected chi connectivity index (χ1v) is 12.9. The quantitative estimate of drug-likeness (QED) is 0.551. The highest BCUT2D eigenvalue weighted by molar-refractivity contribution is 7.89. The average molecular weight is 473 g/mol. The Morgan fingerprint density at radius 3 is 2.33 bits per heavy atom. The zero-order valence-corrected chi connectivity index (χ0v) is 20.0. The lowest BCUT2D eigenvalue weighted by molar-refractivity contribution is -0.142. The van der Waals surface area contributed by atoms with Crippen molar-refractivity contribution in [3.05, 3.63) is 65.2 Å². The van der Waals surface area contributed by atoms with Crippen molar-refractivity contribution in [3.63, 3.8) is 0 Å². The first-order valence-electron chi connectivity index (χ1n) is 11.5. The van der Waals surface area contributed by atoms with Gasteiger partial charge in [0.15, 0.2) is 0 Å². The standard InChI is InChI=1S/C25H32N2O5S/c1-3-5-11-22(25(29)30)26-24(28)23-16-19-9-6-7-10-20(19)17-27(23)33(31,32)21-14-12-18(8-4-2)13-15-21/h6-7,9-10,12-15,22-23H,3-5,8,11,16-17H2,1-2H3,(H,26,28)(H,29,30)/t22?,23-/m0/s1. The van der Waals surface area contributed by atoms with E-state index in [9.17, 15) is 23.1 Å². The van der Waals surface area contributed by atoms with E-state index in [0.29, 0.717) is 12.8 Å². The van der Waals surface area contributed by atoms with E-state index in [2.05, 4.69) is 12.2 Å². The van der Waals surface area contributed by atoms with Crippen molar-refractivity contribution in [3.8, 4) is 0 Å². The highest BCUT2D eigenvalue weighted by Crippen LogP contribution is 2.29. The van der Waals surface area contributed by atoms with Crippen LogP contribution in [0.2, 0.25) is 0 Å². The Labute approximate surface area is 195 Å². The second kappa shape index (κ2) is 10.9. The highest BCUT2D eigenvalue weighted by Gasteiger charge is 2.40. The molecule has 2 aromatic rings. The van der Waals surface area contributed by atoms with Gasteiger partial charge in [-0.1, -0.05) is 69.5 Å². The number of nitrogens with zero attached hydrogens (tertiary/aromatic N) is 1. The van der Waals surface area contributed by atoms with Gasteiger partial charge in [0, 0.05) is 6.54 Å². The van der Waals surface area contributed by atoms with Crippen LogP contribution in [0.5, 0.6) is 0 Å². The summed E-state index contributed by atoms with van der Waals surface area (Å²) in [6.45, 7) is 4.06. The molecule has 3 rings (SSSR count). The normalized spacial score (nSPS) is 17.2. The number of aliphatic carboxylic acids is 1. The molecule has 0 spiro atoms. The molecule has 178 valence electrons. The van der Waals surface area contributed by atoms with Crippen molar-refractivity contribution in [1.82, 2.24) is 9.62 Å². The Balaban J connectivity index is 1.94. The second-order valence-electron chi connectivity index (χ2n) is 8.47. The highest BCUT2D eigenvalue weighted by atomic mass is 32.2. The van der Waals surface area contributed by atoms with Gasteiger partial charge in [0.2, 0.25) is 15.9 Å². The number of hydrogen-bond donors (Lipinski definition) is 2. The van der Waals surface area contributed by atoms with E-state index in [4.69, 9.17) is 0 Å². The molecule has 2 atom stereocenters. The average Bonchev–Trinajstić information content (AvgIpc) is 2.81. The molecular weight excluding hydrogens is 440 g/mol. The number of nitrogens with one attached hydrogen (secondary N) is 1. The summed E-state index contributed by atoms with van der Waals surface area (Å²) in [7, 11) is -3.98. The first kappa shape index (κ1) is 24.9. The number of benzene rings is 2. The van der Waals surface area contributed by atoms with Crippen molar-refractivity contribution in [2.75, 3.05) is 0 Å². The van der Waals surface area contributed by atoms with Gasteiger partial charge >= 0.3 is 5.97 Å². The van der Waals surface area contributed by atoms with Gasteiger partial charge in [-0.15, -0.1) is 0 Å². The summed E-state index contributed by atoms with van der Waals surface area (Å²) in [5, 5.41) is 12.1. The Kier molecular flexibility index (Phi) is 8.26. The van der Waals surface area contributed by atoms with Gasteiger partial charge in [-0.2, -0.15) is 4.31 Å². The third-order valence-corrected chi connectivity index (χ3v) is 7.91. The second-order valence-corrected chi connectivity index (χ2v) is 10.4. The van der Waals surface area contributed by atoms with Crippen molar-refractivity contribution in [1.29, 1.82) is 0 Å². The van der Waals surface area contributed by atoms with Crippen LogP contribution >= 0.6 is 0 Å². The van der Waals surface area contributed by atoms with Crippen molar-refractivity contribution >= 4 is 21.9 Å². The molecule has 0 radical (unpaired) electrons. The van der Waals surface area contributed by atoms with E-state index >= 15 is 0 Å². The Hall–Kier alpha value is -2.71. The smallest absolute Gasteiger partial charge is 0.326 e. The van der Waals surface area contributed by atoms with Gasteiger partial charge in [0.1, 0.15) is 12.1 Å². The molecule has 1 aliphatic heterocycles. The molecule has 1 aliphatic rings. The van der Waals surface area contributed by atoms with Gasteiger partial charge in [-0.25, -0.2) is 13.2 Å². The molecule has 8 heteroatoms. The number of unbranched alkanes of at least 4 members (excludes halogenated alkanes) is 1. The van der Waals surface area contributed by atoms with Gasteiger partial charge in [0.25, 0.3) is 0 Å². The summed E-state index contributed by atoms with van der Waals surface area (Å²) in [4.78, 5) is 25.0. The fraction of sp³-hybridized carbons (Fsp3) is 0.440. The summed E-state index contributed by atoms with van der Waals surface area (Å²) in [5.74, 6) is -1.70. The lowest BCUT2D eigenvalue weighted by Crippen LogP contribution is -2.55. The largest absolute Gasteiger partial charge is 0.480 e. The van der Waals surface area contributed by atoms with Crippen molar-refractivity contribution < 1.29 is 23.1 Å².